The van der Waals surface area contributed by atoms with Crippen LogP contribution in [0.3, 0.4) is 0 Å². The number of pyridine rings is 1. The fourth-order valence-corrected chi connectivity index (χ4v) is 2.97. The van der Waals surface area contributed by atoms with Crippen molar-refractivity contribution in [2.45, 2.75) is 19.4 Å². The van der Waals surface area contributed by atoms with Crippen molar-refractivity contribution in [3.63, 3.8) is 0 Å². The number of fused-ring (bicyclic) bond motifs is 1. The van der Waals surface area contributed by atoms with Crippen LogP contribution in [0.15, 0.2) is 36.5 Å². The summed E-state index contributed by atoms with van der Waals surface area (Å²) < 4.78 is 0. The van der Waals surface area contributed by atoms with Crippen LogP contribution in [0.25, 0.3) is 10.9 Å². The highest BCUT2D eigenvalue weighted by atomic mass is 15.1. The Morgan fingerprint density at radius 1 is 1.32 bits per heavy atom. The second kappa shape index (κ2) is 5.68. The molecule has 1 aliphatic rings. The number of rotatable bonds is 3. The molecular formula is C16H21N3. The van der Waals surface area contributed by atoms with E-state index in [-0.39, 0.29) is 0 Å². The molecule has 19 heavy (non-hydrogen) atoms. The summed E-state index contributed by atoms with van der Waals surface area (Å²) >= 11 is 0. The first-order valence-corrected chi connectivity index (χ1v) is 7.11. The Hall–Kier alpha value is -1.45. The van der Waals surface area contributed by atoms with Gasteiger partial charge in [-0.25, -0.2) is 0 Å². The number of piperidine rings is 1. The number of benzene rings is 1. The van der Waals surface area contributed by atoms with E-state index < -0.39 is 0 Å². The molecule has 2 heterocycles. The number of nitrogens with two attached hydrogens (primary N) is 1. The maximum atomic E-state index is 5.80. The lowest BCUT2D eigenvalue weighted by atomic mass is 9.98. The molecular weight excluding hydrogens is 234 g/mol. The minimum absolute atomic E-state index is 0.677. The predicted octanol–water partition coefficient (Wildman–Crippen LogP) is 2.41. The zero-order chi connectivity index (χ0) is 13.1. The van der Waals surface area contributed by atoms with E-state index in [1.165, 1.54) is 30.3 Å². The molecule has 1 atom stereocenters. The van der Waals surface area contributed by atoms with Gasteiger partial charge in [0.25, 0.3) is 0 Å². The third-order valence-corrected chi connectivity index (χ3v) is 4.01. The first-order chi connectivity index (χ1) is 9.35. The van der Waals surface area contributed by atoms with Gasteiger partial charge >= 0.3 is 0 Å². The smallest absolute Gasteiger partial charge is 0.0702 e. The summed E-state index contributed by atoms with van der Waals surface area (Å²) in [5, 5.41) is 1.23. The zero-order valence-electron chi connectivity index (χ0n) is 11.3. The van der Waals surface area contributed by atoms with E-state index in [0.29, 0.717) is 5.92 Å². The van der Waals surface area contributed by atoms with Gasteiger partial charge in [0.15, 0.2) is 0 Å². The summed E-state index contributed by atoms with van der Waals surface area (Å²) in [6.07, 6.45) is 4.41. The maximum Gasteiger partial charge on any atom is 0.0702 e. The highest BCUT2D eigenvalue weighted by Gasteiger charge is 2.18. The monoisotopic (exact) mass is 255 g/mol. The van der Waals surface area contributed by atoms with Gasteiger partial charge in [-0.2, -0.15) is 0 Å². The van der Waals surface area contributed by atoms with Crippen molar-refractivity contribution in [1.29, 1.82) is 0 Å². The van der Waals surface area contributed by atoms with Gasteiger partial charge in [-0.3, -0.25) is 9.88 Å². The summed E-state index contributed by atoms with van der Waals surface area (Å²) in [7, 11) is 0. The Labute approximate surface area is 114 Å². The standard InChI is InChI=1S/C16H21N3/c17-10-14-3-2-8-19(12-14)11-13-5-6-16-15(9-13)4-1-7-18-16/h1,4-7,9,14H,2-3,8,10-12,17H2. The lowest BCUT2D eigenvalue weighted by Gasteiger charge is -2.32. The molecule has 0 spiro atoms. The number of hydrogen-bond acceptors (Lipinski definition) is 3. The van der Waals surface area contributed by atoms with Crippen molar-refractivity contribution in [3.05, 3.63) is 42.1 Å². The Morgan fingerprint density at radius 2 is 2.26 bits per heavy atom. The quantitative estimate of drug-likeness (QED) is 0.915. The van der Waals surface area contributed by atoms with E-state index in [2.05, 4.69) is 34.1 Å². The summed E-state index contributed by atoms with van der Waals surface area (Å²) in [4.78, 5) is 6.89. The van der Waals surface area contributed by atoms with Crippen LogP contribution in [0.2, 0.25) is 0 Å². The van der Waals surface area contributed by atoms with E-state index in [0.717, 1.165) is 25.2 Å². The van der Waals surface area contributed by atoms with Crippen LogP contribution < -0.4 is 5.73 Å². The summed E-state index contributed by atoms with van der Waals surface area (Å²) in [5.74, 6) is 0.677. The summed E-state index contributed by atoms with van der Waals surface area (Å²) in [5.41, 5.74) is 8.25. The molecule has 0 bridgehead atoms. The van der Waals surface area contributed by atoms with Gasteiger partial charge in [-0.05, 0) is 55.6 Å². The van der Waals surface area contributed by atoms with Gasteiger partial charge < -0.3 is 5.73 Å². The summed E-state index contributed by atoms with van der Waals surface area (Å²) in [6, 6.07) is 10.7. The third-order valence-electron chi connectivity index (χ3n) is 4.01. The van der Waals surface area contributed by atoms with Crippen LogP contribution in [-0.4, -0.2) is 29.5 Å². The minimum Gasteiger partial charge on any atom is -0.330 e. The zero-order valence-corrected chi connectivity index (χ0v) is 11.3. The molecule has 1 aromatic heterocycles. The van der Waals surface area contributed by atoms with Crippen LogP contribution in [0, 0.1) is 5.92 Å². The van der Waals surface area contributed by atoms with Crippen molar-refractivity contribution in [2.75, 3.05) is 19.6 Å². The molecule has 1 unspecified atom stereocenters. The first-order valence-electron chi connectivity index (χ1n) is 7.11. The first kappa shape index (κ1) is 12.6. The molecule has 1 saturated heterocycles. The van der Waals surface area contributed by atoms with E-state index in [4.69, 9.17) is 5.73 Å². The number of likely N-dealkylation sites (tertiary alicyclic amines) is 1. The molecule has 0 aliphatic carbocycles. The van der Waals surface area contributed by atoms with Crippen LogP contribution >= 0.6 is 0 Å². The average molecular weight is 255 g/mol. The Morgan fingerprint density at radius 3 is 3.16 bits per heavy atom. The Kier molecular flexibility index (Phi) is 3.76. The summed E-state index contributed by atoms with van der Waals surface area (Å²) in [6.45, 7) is 4.18. The SMILES string of the molecule is NCC1CCCN(Cc2ccc3ncccc3c2)C1. The Bertz CT molecular complexity index is 552. The van der Waals surface area contributed by atoms with E-state index in [1.54, 1.807) is 0 Å². The molecule has 0 saturated carbocycles. The number of nitrogens with zero attached hydrogens (tertiary/aromatic N) is 2. The van der Waals surface area contributed by atoms with E-state index in [9.17, 15) is 0 Å². The molecule has 1 aliphatic heterocycles. The molecule has 0 amide bonds. The highest BCUT2D eigenvalue weighted by Crippen LogP contribution is 2.19. The molecule has 100 valence electrons. The minimum atomic E-state index is 0.677. The average Bonchev–Trinajstić information content (AvgIpc) is 2.47. The second-order valence-electron chi connectivity index (χ2n) is 5.51. The van der Waals surface area contributed by atoms with Crippen molar-refractivity contribution in [3.8, 4) is 0 Å². The third kappa shape index (κ3) is 2.94. The van der Waals surface area contributed by atoms with Crippen molar-refractivity contribution in [1.82, 2.24) is 9.88 Å². The topological polar surface area (TPSA) is 42.1 Å². The van der Waals surface area contributed by atoms with E-state index in [1.807, 2.05) is 12.3 Å². The maximum absolute atomic E-state index is 5.80. The second-order valence-corrected chi connectivity index (χ2v) is 5.51. The molecule has 1 fully saturated rings. The van der Waals surface area contributed by atoms with Crippen LogP contribution in [0.5, 0.6) is 0 Å². The molecule has 1 aromatic carbocycles. The van der Waals surface area contributed by atoms with Crippen molar-refractivity contribution < 1.29 is 0 Å². The molecule has 3 nitrogen and oxygen atoms in total. The van der Waals surface area contributed by atoms with Gasteiger partial charge in [0.1, 0.15) is 0 Å². The normalized spacial score (nSPS) is 20.8. The lowest BCUT2D eigenvalue weighted by molar-refractivity contribution is 0.171. The Balaban J connectivity index is 1.74. The van der Waals surface area contributed by atoms with E-state index >= 15 is 0 Å². The van der Waals surface area contributed by atoms with Gasteiger partial charge in [0.05, 0.1) is 5.52 Å². The van der Waals surface area contributed by atoms with Gasteiger partial charge in [0, 0.05) is 24.7 Å². The fraction of sp³-hybridized carbons (Fsp3) is 0.438. The number of aromatic nitrogens is 1. The van der Waals surface area contributed by atoms with Crippen molar-refractivity contribution >= 4 is 10.9 Å². The van der Waals surface area contributed by atoms with Crippen LogP contribution in [-0.2, 0) is 6.54 Å². The van der Waals surface area contributed by atoms with Crippen LogP contribution in [0.1, 0.15) is 18.4 Å². The molecule has 0 radical (unpaired) electrons. The molecule has 2 N–H and O–H groups in total. The molecule has 2 aromatic rings. The molecule has 3 heteroatoms. The predicted molar refractivity (Wildman–Crippen MR) is 78.8 cm³/mol. The lowest BCUT2D eigenvalue weighted by Crippen LogP contribution is -2.37. The van der Waals surface area contributed by atoms with Crippen molar-refractivity contribution in [2.24, 2.45) is 11.7 Å². The number of hydrogen-bond donors (Lipinski definition) is 1. The molecule has 3 rings (SSSR count). The van der Waals surface area contributed by atoms with Gasteiger partial charge in [0.2, 0.25) is 0 Å². The van der Waals surface area contributed by atoms with Gasteiger partial charge in [-0.1, -0.05) is 12.1 Å². The largest absolute Gasteiger partial charge is 0.330 e. The fourth-order valence-electron chi connectivity index (χ4n) is 2.97. The highest BCUT2D eigenvalue weighted by molar-refractivity contribution is 5.78. The van der Waals surface area contributed by atoms with Crippen LogP contribution in [0.4, 0.5) is 0 Å². The van der Waals surface area contributed by atoms with Gasteiger partial charge in [-0.15, -0.1) is 0 Å².